The van der Waals surface area contributed by atoms with E-state index in [-0.39, 0.29) is 0 Å². The van der Waals surface area contributed by atoms with Gasteiger partial charge in [0, 0.05) is 11.1 Å². The summed E-state index contributed by atoms with van der Waals surface area (Å²) >= 11 is 0. The summed E-state index contributed by atoms with van der Waals surface area (Å²) in [5.41, 5.74) is 3.65. The highest BCUT2D eigenvalue weighted by Gasteiger charge is 2.33. The van der Waals surface area contributed by atoms with Gasteiger partial charge in [0.25, 0.3) is 0 Å². The van der Waals surface area contributed by atoms with Gasteiger partial charge in [-0.15, -0.1) is 0 Å². The Hall–Kier alpha value is -3.27. The van der Waals surface area contributed by atoms with Crippen molar-refractivity contribution in [3.05, 3.63) is 89.0 Å². The van der Waals surface area contributed by atoms with Gasteiger partial charge in [0.2, 0.25) is 5.75 Å². The van der Waals surface area contributed by atoms with Gasteiger partial charge in [-0.25, -0.2) is 0 Å². The molecule has 4 nitrogen and oxygen atoms in total. The van der Waals surface area contributed by atoms with Gasteiger partial charge < -0.3 is 14.2 Å². The third-order valence-electron chi connectivity index (χ3n) is 5.06. The number of carbonyl (C=O) groups is 1. The molecule has 4 heteroatoms. The predicted molar refractivity (Wildman–Crippen MR) is 112 cm³/mol. The van der Waals surface area contributed by atoms with Crippen LogP contribution < -0.4 is 14.2 Å². The quantitative estimate of drug-likeness (QED) is 0.451. The minimum absolute atomic E-state index is 0.325. The number of aldehydes is 1. The first kappa shape index (κ1) is 19.1. The van der Waals surface area contributed by atoms with Crippen molar-refractivity contribution >= 4 is 6.29 Å². The van der Waals surface area contributed by atoms with E-state index in [2.05, 4.69) is 0 Å². The van der Waals surface area contributed by atoms with Crippen molar-refractivity contribution in [2.75, 3.05) is 7.11 Å². The zero-order valence-electron chi connectivity index (χ0n) is 16.5. The molecule has 1 fully saturated rings. The lowest BCUT2D eigenvalue weighted by Gasteiger charge is -2.20. The molecule has 0 heterocycles. The van der Waals surface area contributed by atoms with Crippen LogP contribution in [-0.4, -0.2) is 13.4 Å². The summed E-state index contributed by atoms with van der Waals surface area (Å²) in [5, 5.41) is 0. The zero-order valence-corrected chi connectivity index (χ0v) is 16.5. The maximum atomic E-state index is 11.8. The monoisotopic (exact) mass is 388 g/mol. The molecule has 0 atom stereocenters. The van der Waals surface area contributed by atoms with Crippen LogP contribution in [0, 0.1) is 0 Å². The summed E-state index contributed by atoms with van der Waals surface area (Å²) in [7, 11) is 1.58. The Morgan fingerprint density at radius 1 is 0.862 bits per heavy atom. The second kappa shape index (κ2) is 8.82. The standard InChI is InChI=1S/C25H24O4/c1-27-22-14-21(15-26)23(20-12-13-20)25(29-17-19-10-6-3-7-11-19)24(22)28-16-18-8-4-2-5-9-18/h2-11,14-15,20H,12-13,16-17H2,1H3. The summed E-state index contributed by atoms with van der Waals surface area (Å²) in [6.07, 6.45) is 2.98. The van der Waals surface area contributed by atoms with E-state index < -0.39 is 0 Å². The molecule has 3 aromatic carbocycles. The molecule has 1 aliphatic rings. The molecule has 0 unspecified atom stereocenters. The van der Waals surface area contributed by atoms with Gasteiger partial charge in [0.15, 0.2) is 17.8 Å². The van der Waals surface area contributed by atoms with E-state index in [4.69, 9.17) is 14.2 Å². The van der Waals surface area contributed by atoms with Crippen LogP contribution in [0.3, 0.4) is 0 Å². The summed E-state index contributed by atoms with van der Waals surface area (Å²) in [5.74, 6) is 2.01. The van der Waals surface area contributed by atoms with E-state index in [9.17, 15) is 4.79 Å². The van der Waals surface area contributed by atoms with Crippen molar-refractivity contribution in [3.8, 4) is 17.2 Å². The van der Waals surface area contributed by atoms with E-state index in [1.54, 1.807) is 13.2 Å². The number of hydrogen-bond donors (Lipinski definition) is 0. The Morgan fingerprint density at radius 2 is 1.41 bits per heavy atom. The van der Waals surface area contributed by atoms with E-state index in [1.807, 2.05) is 60.7 Å². The highest BCUT2D eigenvalue weighted by molar-refractivity contribution is 5.82. The molecule has 0 aromatic heterocycles. The maximum Gasteiger partial charge on any atom is 0.204 e. The Labute approximate surface area is 171 Å². The third-order valence-corrected chi connectivity index (χ3v) is 5.06. The van der Waals surface area contributed by atoms with Gasteiger partial charge in [-0.3, -0.25) is 4.79 Å². The number of carbonyl (C=O) groups excluding carboxylic acids is 1. The maximum absolute atomic E-state index is 11.8. The molecule has 3 aromatic rings. The molecule has 0 aliphatic heterocycles. The molecule has 0 amide bonds. The molecular formula is C25H24O4. The Balaban J connectivity index is 1.71. The Morgan fingerprint density at radius 3 is 1.90 bits per heavy atom. The molecule has 1 saturated carbocycles. The van der Waals surface area contributed by atoms with Crippen LogP contribution in [0.25, 0.3) is 0 Å². The fraction of sp³-hybridized carbons (Fsp3) is 0.240. The molecule has 0 saturated heterocycles. The van der Waals surface area contributed by atoms with Crippen molar-refractivity contribution in [3.63, 3.8) is 0 Å². The molecule has 29 heavy (non-hydrogen) atoms. The Bertz CT molecular complexity index is 963. The van der Waals surface area contributed by atoms with Crippen LogP contribution in [0.5, 0.6) is 17.2 Å². The van der Waals surface area contributed by atoms with Gasteiger partial charge in [0.05, 0.1) is 7.11 Å². The lowest BCUT2D eigenvalue weighted by atomic mass is 10.0. The highest BCUT2D eigenvalue weighted by Crippen LogP contribution is 2.52. The average molecular weight is 388 g/mol. The first-order chi connectivity index (χ1) is 14.3. The van der Waals surface area contributed by atoms with Gasteiger partial charge in [0.1, 0.15) is 13.2 Å². The highest BCUT2D eigenvalue weighted by atomic mass is 16.5. The zero-order chi connectivity index (χ0) is 20.1. The number of hydrogen-bond acceptors (Lipinski definition) is 4. The number of ether oxygens (including phenoxy) is 3. The number of rotatable bonds is 9. The summed E-state index contributed by atoms with van der Waals surface area (Å²) in [4.78, 5) is 11.8. The summed E-state index contributed by atoms with van der Waals surface area (Å²) in [6, 6.07) is 21.7. The molecule has 0 N–H and O–H groups in total. The summed E-state index contributed by atoms with van der Waals surface area (Å²) in [6.45, 7) is 0.789. The van der Waals surface area contributed by atoms with E-state index in [0.29, 0.717) is 41.9 Å². The largest absolute Gasteiger partial charge is 0.493 e. The minimum atomic E-state index is 0.325. The molecule has 0 radical (unpaired) electrons. The molecule has 0 spiro atoms. The van der Waals surface area contributed by atoms with Crippen molar-refractivity contribution < 1.29 is 19.0 Å². The molecule has 4 rings (SSSR count). The first-order valence-electron chi connectivity index (χ1n) is 9.83. The summed E-state index contributed by atoms with van der Waals surface area (Å²) < 4.78 is 18.0. The van der Waals surface area contributed by atoms with E-state index in [0.717, 1.165) is 35.8 Å². The van der Waals surface area contributed by atoms with E-state index >= 15 is 0 Å². The van der Waals surface area contributed by atoms with Crippen molar-refractivity contribution in [1.82, 2.24) is 0 Å². The first-order valence-corrected chi connectivity index (χ1v) is 9.83. The topological polar surface area (TPSA) is 44.8 Å². The average Bonchev–Trinajstić information content (AvgIpc) is 3.62. The Kier molecular flexibility index (Phi) is 5.80. The lowest BCUT2D eigenvalue weighted by Crippen LogP contribution is -2.07. The van der Waals surface area contributed by atoms with Gasteiger partial charge in [-0.2, -0.15) is 0 Å². The van der Waals surface area contributed by atoms with E-state index in [1.165, 1.54) is 0 Å². The van der Waals surface area contributed by atoms with Gasteiger partial charge in [-0.1, -0.05) is 60.7 Å². The van der Waals surface area contributed by atoms with Crippen molar-refractivity contribution in [1.29, 1.82) is 0 Å². The second-order valence-electron chi connectivity index (χ2n) is 7.18. The van der Waals surface area contributed by atoms with Crippen LogP contribution in [0.2, 0.25) is 0 Å². The van der Waals surface area contributed by atoms with Gasteiger partial charge >= 0.3 is 0 Å². The van der Waals surface area contributed by atoms with Crippen LogP contribution in [0.15, 0.2) is 66.7 Å². The van der Waals surface area contributed by atoms with Crippen LogP contribution in [0.1, 0.15) is 45.8 Å². The minimum Gasteiger partial charge on any atom is -0.493 e. The number of methoxy groups -OCH3 is 1. The smallest absolute Gasteiger partial charge is 0.204 e. The van der Waals surface area contributed by atoms with Crippen molar-refractivity contribution in [2.24, 2.45) is 0 Å². The molecule has 148 valence electrons. The van der Waals surface area contributed by atoms with Crippen molar-refractivity contribution in [2.45, 2.75) is 32.0 Å². The SMILES string of the molecule is COc1cc(C=O)c(C2CC2)c(OCc2ccccc2)c1OCc1ccccc1. The fourth-order valence-corrected chi connectivity index (χ4v) is 3.43. The normalized spacial score (nSPS) is 13.0. The van der Waals surface area contributed by atoms with Crippen LogP contribution in [0.4, 0.5) is 0 Å². The number of benzene rings is 3. The molecule has 1 aliphatic carbocycles. The molecular weight excluding hydrogens is 364 g/mol. The fourth-order valence-electron chi connectivity index (χ4n) is 3.43. The lowest BCUT2D eigenvalue weighted by molar-refractivity contribution is 0.112. The third kappa shape index (κ3) is 4.43. The van der Waals surface area contributed by atoms with Crippen LogP contribution in [-0.2, 0) is 13.2 Å². The van der Waals surface area contributed by atoms with Gasteiger partial charge in [-0.05, 0) is 36.0 Å². The van der Waals surface area contributed by atoms with Crippen LogP contribution >= 0.6 is 0 Å². The predicted octanol–water partition coefficient (Wildman–Crippen LogP) is 5.54. The second-order valence-corrected chi connectivity index (χ2v) is 7.18. The molecule has 0 bridgehead atoms.